The molecular formula is C18H23N3O2S. The van der Waals surface area contributed by atoms with Gasteiger partial charge in [-0.1, -0.05) is 31.0 Å². The molecule has 1 saturated carbocycles. The number of carbonyl (C=O) groups is 1. The molecule has 24 heavy (non-hydrogen) atoms. The number of hydrogen-bond donors (Lipinski definition) is 0. The Balaban J connectivity index is 1.61. The molecule has 0 saturated heterocycles. The van der Waals surface area contributed by atoms with Crippen molar-refractivity contribution in [1.29, 1.82) is 0 Å². The van der Waals surface area contributed by atoms with E-state index in [9.17, 15) is 4.79 Å². The summed E-state index contributed by atoms with van der Waals surface area (Å²) >= 11 is 1.45. The van der Waals surface area contributed by atoms with Crippen LogP contribution >= 0.6 is 11.8 Å². The molecule has 3 rings (SSSR count). The van der Waals surface area contributed by atoms with Gasteiger partial charge in [-0.15, -0.1) is 10.2 Å². The number of ether oxygens (including phenoxy) is 1. The fraction of sp³-hybridized carbons (Fsp3) is 0.500. The van der Waals surface area contributed by atoms with E-state index in [2.05, 4.69) is 14.8 Å². The van der Waals surface area contributed by atoms with Crippen LogP contribution in [0.5, 0.6) is 5.75 Å². The van der Waals surface area contributed by atoms with E-state index in [0.29, 0.717) is 17.2 Å². The molecule has 0 radical (unpaired) electrons. The number of hydrogen-bond acceptors (Lipinski definition) is 5. The molecule has 1 aromatic carbocycles. The fourth-order valence-electron chi connectivity index (χ4n) is 3.16. The SMILES string of the molecule is COc1ccc(C(=O)CSc2nnc(C3CCCCC3)n2C)cc1. The van der Waals surface area contributed by atoms with Gasteiger partial charge in [-0.25, -0.2) is 0 Å². The van der Waals surface area contributed by atoms with Crippen molar-refractivity contribution in [1.82, 2.24) is 14.8 Å². The second-order valence-corrected chi connectivity index (χ2v) is 7.12. The molecule has 5 nitrogen and oxygen atoms in total. The normalized spacial score (nSPS) is 15.4. The monoisotopic (exact) mass is 345 g/mol. The number of ketones is 1. The summed E-state index contributed by atoms with van der Waals surface area (Å²) in [5.74, 6) is 2.79. The fourth-order valence-corrected chi connectivity index (χ4v) is 3.97. The maximum absolute atomic E-state index is 12.3. The van der Waals surface area contributed by atoms with Gasteiger partial charge in [0.15, 0.2) is 10.9 Å². The first-order valence-corrected chi connectivity index (χ1v) is 9.37. The van der Waals surface area contributed by atoms with Crippen molar-refractivity contribution in [2.75, 3.05) is 12.9 Å². The lowest BCUT2D eigenvalue weighted by Gasteiger charge is -2.20. The number of thioether (sulfide) groups is 1. The average Bonchev–Trinajstić information content (AvgIpc) is 3.01. The van der Waals surface area contributed by atoms with Gasteiger partial charge in [0.2, 0.25) is 0 Å². The molecule has 1 aliphatic carbocycles. The molecule has 0 spiro atoms. The lowest BCUT2D eigenvalue weighted by molar-refractivity contribution is 0.102. The van der Waals surface area contributed by atoms with Gasteiger partial charge in [0.05, 0.1) is 12.9 Å². The van der Waals surface area contributed by atoms with Crippen LogP contribution in [0.3, 0.4) is 0 Å². The van der Waals surface area contributed by atoms with E-state index in [1.54, 1.807) is 31.4 Å². The van der Waals surface area contributed by atoms with E-state index < -0.39 is 0 Å². The van der Waals surface area contributed by atoms with Crippen molar-refractivity contribution in [3.05, 3.63) is 35.7 Å². The summed E-state index contributed by atoms with van der Waals surface area (Å²) in [5.41, 5.74) is 0.693. The Morgan fingerprint density at radius 1 is 1.21 bits per heavy atom. The average molecular weight is 345 g/mol. The largest absolute Gasteiger partial charge is 0.497 e. The van der Waals surface area contributed by atoms with Gasteiger partial charge in [0, 0.05) is 18.5 Å². The highest BCUT2D eigenvalue weighted by molar-refractivity contribution is 7.99. The maximum atomic E-state index is 12.3. The van der Waals surface area contributed by atoms with Crippen LogP contribution in [0, 0.1) is 0 Å². The van der Waals surface area contributed by atoms with E-state index in [1.165, 1.54) is 43.9 Å². The molecule has 0 aliphatic heterocycles. The summed E-state index contributed by atoms with van der Waals surface area (Å²) in [6, 6.07) is 7.21. The summed E-state index contributed by atoms with van der Waals surface area (Å²) in [5, 5.41) is 9.48. The predicted molar refractivity (Wildman–Crippen MR) is 94.9 cm³/mol. The molecule has 1 aliphatic rings. The van der Waals surface area contributed by atoms with E-state index in [0.717, 1.165) is 16.7 Å². The smallest absolute Gasteiger partial charge is 0.191 e. The number of benzene rings is 1. The lowest BCUT2D eigenvalue weighted by Crippen LogP contribution is -2.11. The van der Waals surface area contributed by atoms with Crippen LogP contribution in [-0.4, -0.2) is 33.4 Å². The second kappa shape index (κ2) is 7.83. The summed E-state index contributed by atoms with van der Waals surface area (Å²) in [6.45, 7) is 0. The molecule has 1 aromatic heterocycles. The van der Waals surface area contributed by atoms with Gasteiger partial charge in [-0.3, -0.25) is 4.79 Å². The molecule has 2 aromatic rings. The first-order chi connectivity index (χ1) is 11.7. The van der Waals surface area contributed by atoms with Crippen LogP contribution in [0.2, 0.25) is 0 Å². The van der Waals surface area contributed by atoms with Gasteiger partial charge in [-0.2, -0.15) is 0 Å². The number of aromatic nitrogens is 3. The third-order valence-electron chi connectivity index (χ3n) is 4.58. The number of nitrogens with zero attached hydrogens (tertiary/aromatic N) is 3. The Labute approximate surface area is 146 Å². The van der Waals surface area contributed by atoms with Gasteiger partial charge in [0.1, 0.15) is 11.6 Å². The van der Waals surface area contributed by atoms with E-state index in [1.807, 2.05) is 7.05 Å². The maximum Gasteiger partial charge on any atom is 0.191 e. The highest BCUT2D eigenvalue weighted by atomic mass is 32.2. The lowest BCUT2D eigenvalue weighted by atomic mass is 9.89. The Kier molecular flexibility index (Phi) is 5.56. The van der Waals surface area contributed by atoms with Crippen molar-refractivity contribution in [3.63, 3.8) is 0 Å². The van der Waals surface area contributed by atoms with E-state index in [4.69, 9.17) is 4.74 Å². The van der Waals surface area contributed by atoms with Crippen molar-refractivity contribution < 1.29 is 9.53 Å². The standard InChI is InChI=1S/C18H23N3O2S/c1-21-17(14-6-4-3-5-7-14)19-20-18(21)24-12-16(22)13-8-10-15(23-2)11-9-13/h8-11,14H,3-7,12H2,1-2H3. The van der Waals surface area contributed by atoms with Crippen LogP contribution in [0.4, 0.5) is 0 Å². The molecule has 0 amide bonds. The van der Waals surface area contributed by atoms with Crippen LogP contribution < -0.4 is 4.74 Å². The van der Waals surface area contributed by atoms with Gasteiger partial charge in [-0.05, 0) is 37.1 Å². The summed E-state index contributed by atoms with van der Waals surface area (Å²) in [7, 11) is 3.62. The molecule has 128 valence electrons. The van der Waals surface area contributed by atoms with Crippen molar-refractivity contribution >= 4 is 17.5 Å². The Morgan fingerprint density at radius 2 is 1.92 bits per heavy atom. The topological polar surface area (TPSA) is 57.0 Å². The third-order valence-corrected chi connectivity index (χ3v) is 5.60. The molecule has 0 unspecified atom stereocenters. The Morgan fingerprint density at radius 3 is 2.58 bits per heavy atom. The van der Waals surface area contributed by atoms with Crippen molar-refractivity contribution in [2.24, 2.45) is 7.05 Å². The van der Waals surface area contributed by atoms with E-state index in [-0.39, 0.29) is 5.78 Å². The number of Topliss-reactive ketones (excluding diaryl/α,β-unsaturated/α-hetero) is 1. The summed E-state index contributed by atoms with van der Waals surface area (Å²) in [6.07, 6.45) is 6.26. The summed E-state index contributed by atoms with van der Waals surface area (Å²) < 4.78 is 7.17. The van der Waals surface area contributed by atoms with Crippen LogP contribution in [0.15, 0.2) is 29.4 Å². The zero-order chi connectivity index (χ0) is 16.9. The quantitative estimate of drug-likeness (QED) is 0.588. The first-order valence-electron chi connectivity index (χ1n) is 8.38. The van der Waals surface area contributed by atoms with E-state index >= 15 is 0 Å². The second-order valence-electron chi connectivity index (χ2n) is 6.18. The Hall–Kier alpha value is -1.82. The molecule has 0 bridgehead atoms. The van der Waals surface area contributed by atoms with Crippen molar-refractivity contribution in [3.8, 4) is 5.75 Å². The highest BCUT2D eigenvalue weighted by Crippen LogP contribution is 2.32. The molecule has 1 fully saturated rings. The molecule has 0 atom stereocenters. The van der Waals surface area contributed by atoms with Gasteiger partial charge in [0.25, 0.3) is 0 Å². The zero-order valence-electron chi connectivity index (χ0n) is 14.2. The van der Waals surface area contributed by atoms with Gasteiger partial charge < -0.3 is 9.30 Å². The minimum Gasteiger partial charge on any atom is -0.497 e. The van der Waals surface area contributed by atoms with Gasteiger partial charge >= 0.3 is 0 Å². The molecular weight excluding hydrogens is 322 g/mol. The predicted octanol–water partition coefficient (Wildman–Crippen LogP) is 3.85. The van der Waals surface area contributed by atoms with Crippen LogP contribution in [-0.2, 0) is 7.05 Å². The highest BCUT2D eigenvalue weighted by Gasteiger charge is 2.22. The first kappa shape index (κ1) is 17.0. The zero-order valence-corrected chi connectivity index (χ0v) is 15.0. The third kappa shape index (κ3) is 3.80. The minimum absolute atomic E-state index is 0.0878. The van der Waals surface area contributed by atoms with Crippen LogP contribution in [0.25, 0.3) is 0 Å². The number of rotatable bonds is 6. The number of carbonyl (C=O) groups excluding carboxylic acids is 1. The molecule has 6 heteroatoms. The Bertz CT molecular complexity index is 691. The molecule has 1 heterocycles. The summed E-state index contributed by atoms with van der Waals surface area (Å²) in [4.78, 5) is 12.3. The number of methoxy groups -OCH3 is 1. The van der Waals surface area contributed by atoms with Crippen molar-refractivity contribution in [2.45, 2.75) is 43.2 Å². The van der Waals surface area contributed by atoms with Crippen LogP contribution in [0.1, 0.15) is 54.2 Å². The molecule has 0 N–H and O–H groups in total. The minimum atomic E-state index is 0.0878.